The fraction of sp³-hybridized carbons (Fsp3) is 0.200. The van der Waals surface area contributed by atoms with E-state index in [1.54, 1.807) is 41.8 Å². The molecule has 0 fully saturated rings. The van der Waals surface area contributed by atoms with Gasteiger partial charge in [-0.1, -0.05) is 24.3 Å². The Morgan fingerprint density at radius 3 is 2.68 bits per heavy atom. The molecule has 0 atom stereocenters. The molecule has 0 aliphatic heterocycles. The smallest absolute Gasteiger partial charge is 0.223 e. The molecule has 2 heterocycles. The number of benzene rings is 1. The fourth-order valence-electron chi connectivity index (χ4n) is 2.63. The number of phenolic OH excluding ortho intramolecular Hbond substituents is 1. The molecule has 2 aromatic heterocycles. The van der Waals surface area contributed by atoms with Gasteiger partial charge in [0.2, 0.25) is 5.91 Å². The third-order valence-corrected chi connectivity index (χ3v) is 3.98. The van der Waals surface area contributed by atoms with E-state index in [2.05, 4.69) is 4.98 Å². The lowest BCUT2D eigenvalue weighted by molar-refractivity contribution is -0.132. The molecule has 0 bridgehead atoms. The zero-order valence-electron chi connectivity index (χ0n) is 13.8. The molecule has 25 heavy (non-hydrogen) atoms. The normalized spacial score (nSPS) is 10.6. The summed E-state index contributed by atoms with van der Waals surface area (Å²) in [7, 11) is 0. The summed E-state index contributed by atoms with van der Waals surface area (Å²) in [5.74, 6) is 0.903. The Labute approximate surface area is 146 Å². The number of hydrogen-bond acceptors (Lipinski definition) is 4. The molecule has 1 amide bonds. The van der Waals surface area contributed by atoms with Crippen molar-refractivity contribution >= 4 is 5.91 Å². The van der Waals surface area contributed by atoms with Gasteiger partial charge in [0.25, 0.3) is 0 Å². The molecule has 5 heteroatoms. The van der Waals surface area contributed by atoms with E-state index in [4.69, 9.17) is 4.42 Å². The molecule has 1 N–H and O–H groups in total. The number of phenols is 1. The molecule has 1 aromatic carbocycles. The molecule has 0 aliphatic carbocycles. The number of aromatic hydroxyl groups is 1. The maximum absolute atomic E-state index is 12.7. The van der Waals surface area contributed by atoms with Crippen molar-refractivity contribution in [3.05, 3.63) is 84.1 Å². The van der Waals surface area contributed by atoms with Gasteiger partial charge in [-0.15, -0.1) is 0 Å². The molecule has 3 rings (SSSR count). The van der Waals surface area contributed by atoms with E-state index in [-0.39, 0.29) is 11.7 Å². The second-order valence-electron chi connectivity index (χ2n) is 5.82. The van der Waals surface area contributed by atoms with Crippen LogP contribution >= 0.6 is 0 Å². The molecule has 0 radical (unpaired) electrons. The highest BCUT2D eigenvalue weighted by Gasteiger charge is 2.17. The molecule has 3 aromatic rings. The zero-order chi connectivity index (χ0) is 17.5. The Hall–Kier alpha value is -3.08. The highest BCUT2D eigenvalue weighted by Crippen LogP contribution is 2.20. The van der Waals surface area contributed by atoms with Gasteiger partial charge < -0.3 is 14.4 Å². The summed E-state index contributed by atoms with van der Waals surface area (Å²) in [6.45, 7) is 0.701. The first kappa shape index (κ1) is 16.8. The summed E-state index contributed by atoms with van der Waals surface area (Å²) in [5.41, 5.74) is 1.74. The van der Waals surface area contributed by atoms with Crippen molar-refractivity contribution in [1.29, 1.82) is 0 Å². The lowest BCUT2D eigenvalue weighted by atomic mass is 10.1. The van der Waals surface area contributed by atoms with Crippen LogP contribution in [0.5, 0.6) is 5.75 Å². The number of aryl methyl sites for hydroxylation is 1. The highest BCUT2D eigenvalue weighted by atomic mass is 16.3. The number of nitrogens with zero attached hydrogens (tertiary/aromatic N) is 2. The third kappa shape index (κ3) is 4.70. The predicted octanol–water partition coefficient (Wildman–Crippen LogP) is 3.54. The van der Waals surface area contributed by atoms with E-state index in [0.29, 0.717) is 37.3 Å². The molecule has 5 nitrogen and oxygen atoms in total. The second kappa shape index (κ2) is 8.15. The Bertz CT molecular complexity index is 801. The molecule has 0 spiro atoms. The van der Waals surface area contributed by atoms with Crippen LogP contribution in [-0.2, 0) is 24.3 Å². The minimum Gasteiger partial charge on any atom is -0.508 e. The van der Waals surface area contributed by atoms with Gasteiger partial charge in [-0.2, -0.15) is 0 Å². The van der Waals surface area contributed by atoms with Gasteiger partial charge in [0.15, 0.2) is 0 Å². The van der Waals surface area contributed by atoms with Crippen molar-refractivity contribution < 1.29 is 14.3 Å². The van der Waals surface area contributed by atoms with Crippen LogP contribution in [0.25, 0.3) is 0 Å². The maximum Gasteiger partial charge on any atom is 0.223 e. The van der Waals surface area contributed by atoms with Crippen molar-refractivity contribution in [3.8, 4) is 5.75 Å². The van der Waals surface area contributed by atoms with E-state index >= 15 is 0 Å². The summed E-state index contributed by atoms with van der Waals surface area (Å²) in [4.78, 5) is 18.5. The second-order valence-corrected chi connectivity index (χ2v) is 5.82. The summed E-state index contributed by atoms with van der Waals surface area (Å²) in [6, 6.07) is 14.5. The van der Waals surface area contributed by atoms with E-state index in [1.807, 2.05) is 30.3 Å². The average molecular weight is 336 g/mol. The first-order chi connectivity index (χ1) is 12.2. The molecule has 0 unspecified atom stereocenters. The van der Waals surface area contributed by atoms with Gasteiger partial charge in [0.1, 0.15) is 11.5 Å². The summed E-state index contributed by atoms with van der Waals surface area (Å²) < 4.78 is 5.38. The third-order valence-electron chi connectivity index (χ3n) is 3.98. The minimum absolute atomic E-state index is 0.00325. The van der Waals surface area contributed by atoms with E-state index in [1.165, 1.54) is 0 Å². The first-order valence-corrected chi connectivity index (χ1v) is 8.18. The van der Waals surface area contributed by atoms with Crippen LogP contribution in [0.2, 0.25) is 0 Å². The number of rotatable bonds is 7. The van der Waals surface area contributed by atoms with Gasteiger partial charge in [0.05, 0.1) is 12.8 Å². The standard InChI is InChI=1S/C20H20N2O3/c23-19-8-2-1-6-17(19)14-22(15-18-7-4-12-25-18)20(24)10-9-16-5-3-11-21-13-16/h1-8,11-13,23H,9-10,14-15H2. The van der Waals surface area contributed by atoms with E-state index < -0.39 is 0 Å². The molecule has 0 saturated heterocycles. The van der Waals surface area contributed by atoms with Gasteiger partial charge in [-0.3, -0.25) is 9.78 Å². The van der Waals surface area contributed by atoms with Crippen molar-refractivity contribution in [2.45, 2.75) is 25.9 Å². The summed E-state index contributed by atoms with van der Waals surface area (Å²) in [6.07, 6.45) is 6.08. The summed E-state index contributed by atoms with van der Waals surface area (Å²) in [5, 5.41) is 10.0. The van der Waals surface area contributed by atoms with Gasteiger partial charge in [-0.25, -0.2) is 0 Å². The van der Waals surface area contributed by atoms with Crippen LogP contribution in [0, 0.1) is 0 Å². The van der Waals surface area contributed by atoms with Crippen molar-refractivity contribution in [2.24, 2.45) is 0 Å². The van der Waals surface area contributed by atoms with Crippen LogP contribution in [0.3, 0.4) is 0 Å². The SMILES string of the molecule is O=C(CCc1cccnc1)N(Cc1ccco1)Cc1ccccc1O. The molecular formula is C20H20N2O3. The fourth-order valence-corrected chi connectivity index (χ4v) is 2.63. The Kier molecular flexibility index (Phi) is 5.46. The van der Waals surface area contributed by atoms with Crippen LogP contribution < -0.4 is 0 Å². The lowest BCUT2D eigenvalue weighted by Crippen LogP contribution is -2.30. The first-order valence-electron chi connectivity index (χ1n) is 8.18. The zero-order valence-corrected chi connectivity index (χ0v) is 13.8. The molecule has 0 saturated carbocycles. The monoisotopic (exact) mass is 336 g/mol. The highest BCUT2D eigenvalue weighted by molar-refractivity contribution is 5.76. The number of pyridine rings is 1. The van der Waals surface area contributed by atoms with Crippen molar-refractivity contribution in [2.75, 3.05) is 0 Å². The number of carbonyl (C=O) groups excluding carboxylic acids is 1. The largest absolute Gasteiger partial charge is 0.508 e. The van der Waals surface area contributed by atoms with Gasteiger partial charge in [-0.05, 0) is 36.2 Å². The number of aromatic nitrogens is 1. The van der Waals surface area contributed by atoms with Crippen LogP contribution in [0.1, 0.15) is 23.3 Å². The Morgan fingerprint density at radius 1 is 1.08 bits per heavy atom. The number of hydrogen-bond donors (Lipinski definition) is 1. The molecular weight excluding hydrogens is 316 g/mol. The number of carbonyl (C=O) groups is 1. The topological polar surface area (TPSA) is 66.6 Å². The number of furan rings is 1. The lowest BCUT2D eigenvalue weighted by Gasteiger charge is -2.22. The van der Waals surface area contributed by atoms with Crippen molar-refractivity contribution in [3.63, 3.8) is 0 Å². The van der Waals surface area contributed by atoms with Crippen LogP contribution in [-0.4, -0.2) is 20.9 Å². The average Bonchev–Trinajstić information content (AvgIpc) is 3.15. The van der Waals surface area contributed by atoms with E-state index in [0.717, 1.165) is 5.56 Å². The minimum atomic E-state index is 0.00325. The predicted molar refractivity (Wildman–Crippen MR) is 93.6 cm³/mol. The van der Waals surface area contributed by atoms with Crippen molar-refractivity contribution in [1.82, 2.24) is 9.88 Å². The quantitative estimate of drug-likeness (QED) is 0.716. The van der Waals surface area contributed by atoms with Crippen LogP contribution in [0.4, 0.5) is 0 Å². The number of amides is 1. The maximum atomic E-state index is 12.7. The summed E-state index contributed by atoms with van der Waals surface area (Å²) >= 11 is 0. The molecule has 0 aliphatic rings. The van der Waals surface area contributed by atoms with Crippen LogP contribution in [0.15, 0.2) is 71.6 Å². The van der Waals surface area contributed by atoms with Gasteiger partial charge >= 0.3 is 0 Å². The van der Waals surface area contributed by atoms with E-state index in [9.17, 15) is 9.90 Å². The number of para-hydroxylation sites is 1. The molecule has 128 valence electrons. The van der Waals surface area contributed by atoms with Gasteiger partial charge in [0, 0.05) is 30.9 Å². The Balaban J connectivity index is 1.71. The Morgan fingerprint density at radius 2 is 1.96 bits per heavy atom.